The number of piperazine rings is 1. The number of nitrogens with one attached hydrogen (secondary N) is 1. The number of carbonyl (C=O) groups is 2. The van der Waals surface area contributed by atoms with Crippen LogP contribution in [0.4, 0.5) is 10.1 Å². The molecule has 0 spiro atoms. The van der Waals surface area contributed by atoms with Crippen LogP contribution in [-0.2, 0) is 4.79 Å². The van der Waals surface area contributed by atoms with Gasteiger partial charge in [-0.05, 0) is 18.2 Å². The first kappa shape index (κ1) is 11.4. The van der Waals surface area contributed by atoms with Gasteiger partial charge in [-0.15, -0.1) is 0 Å². The molecule has 1 saturated heterocycles. The maximum atomic E-state index is 13.1. The second kappa shape index (κ2) is 4.40. The second-order valence-electron chi connectivity index (χ2n) is 3.85. The van der Waals surface area contributed by atoms with E-state index in [2.05, 4.69) is 5.32 Å². The summed E-state index contributed by atoms with van der Waals surface area (Å²) in [5.41, 5.74) is 5.82. The third kappa shape index (κ3) is 2.52. The fourth-order valence-electron chi connectivity index (χ4n) is 1.73. The lowest BCUT2D eigenvalue weighted by Gasteiger charge is -2.26. The van der Waals surface area contributed by atoms with Crippen molar-refractivity contribution in [3.8, 4) is 0 Å². The molecular formula is C11H12FN3O2. The summed E-state index contributed by atoms with van der Waals surface area (Å²) in [4.78, 5) is 24.5. The van der Waals surface area contributed by atoms with Crippen LogP contribution in [0.1, 0.15) is 10.4 Å². The largest absolute Gasteiger partial charge is 0.399 e. The number of hydrogen-bond acceptors (Lipinski definition) is 3. The lowest BCUT2D eigenvalue weighted by Crippen LogP contribution is -2.50. The van der Waals surface area contributed by atoms with Crippen molar-refractivity contribution in [2.75, 3.05) is 25.4 Å². The van der Waals surface area contributed by atoms with Gasteiger partial charge < -0.3 is 16.0 Å². The smallest absolute Gasteiger partial charge is 0.254 e. The zero-order valence-electron chi connectivity index (χ0n) is 9.07. The van der Waals surface area contributed by atoms with E-state index >= 15 is 0 Å². The van der Waals surface area contributed by atoms with E-state index in [1.807, 2.05) is 0 Å². The van der Waals surface area contributed by atoms with Crippen LogP contribution in [-0.4, -0.2) is 36.3 Å². The molecule has 1 fully saturated rings. The number of hydrogen-bond donors (Lipinski definition) is 2. The molecule has 2 amide bonds. The highest BCUT2D eigenvalue weighted by molar-refractivity contribution is 5.97. The van der Waals surface area contributed by atoms with E-state index in [9.17, 15) is 14.0 Å². The Morgan fingerprint density at radius 2 is 2.18 bits per heavy atom. The van der Waals surface area contributed by atoms with E-state index in [0.29, 0.717) is 13.1 Å². The van der Waals surface area contributed by atoms with Crippen LogP contribution in [0.5, 0.6) is 0 Å². The molecule has 1 aliphatic rings. The van der Waals surface area contributed by atoms with Crippen molar-refractivity contribution in [3.63, 3.8) is 0 Å². The van der Waals surface area contributed by atoms with Crippen molar-refractivity contribution in [3.05, 3.63) is 29.6 Å². The number of nitrogens with zero attached hydrogens (tertiary/aromatic N) is 1. The zero-order chi connectivity index (χ0) is 12.4. The highest BCUT2D eigenvalue weighted by Gasteiger charge is 2.22. The molecule has 1 aromatic rings. The standard InChI is InChI=1S/C11H12FN3O2/c12-8-3-7(4-9(13)5-8)11(17)15-2-1-14-10(16)6-15/h3-5H,1-2,6,13H2,(H,14,16). The van der Waals surface area contributed by atoms with Crippen molar-refractivity contribution in [2.24, 2.45) is 0 Å². The third-order valence-electron chi connectivity index (χ3n) is 2.49. The van der Waals surface area contributed by atoms with Gasteiger partial charge in [0.25, 0.3) is 5.91 Å². The van der Waals surface area contributed by atoms with Crippen molar-refractivity contribution in [1.29, 1.82) is 0 Å². The molecule has 3 N–H and O–H groups in total. The summed E-state index contributed by atoms with van der Waals surface area (Å²) in [6.07, 6.45) is 0. The Hall–Kier alpha value is -2.11. The van der Waals surface area contributed by atoms with Gasteiger partial charge >= 0.3 is 0 Å². The van der Waals surface area contributed by atoms with E-state index in [1.165, 1.54) is 11.0 Å². The molecule has 0 aromatic heterocycles. The first-order valence-electron chi connectivity index (χ1n) is 5.18. The highest BCUT2D eigenvalue weighted by atomic mass is 19.1. The van der Waals surface area contributed by atoms with Crippen LogP contribution in [0.3, 0.4) is 0 Å². The summed E-state index contributed by atoms with van der Waals surface area (Å²) in [6, 6.07) is 3.66. The van der Waals surface area contributed by atoms with Crippen LogP contribution in [0.15, 0.2) is 18.2 Å². The molecule has 6 heteroatoms. The summed E-state index contributed by atoms with van der Waals surface area (Å²) in [6.45, 7) is 0.825. The second-order valence-corrected chi connectivity index (χ2v) is 3.85. The third-order valence-corrected chi connectivity index (χ3v) is 2.49. The number of nitrogen functional groups attached to an aromatic ring is 1. The van der Waals surface area contributed by atoms with E-state index in [4.69, 9.17) is 5.73 Å². The molecule has 1 aromatic carbocycles. The van der Waals surface area contributed by atoms with E-state index < -0.39 is 5.82 Å². The molecule has 5 nitrogen and oxygen atoms in total. The SMILES string of the molecule is Nc1cc(F)cc(C(=O)N2CCNC(=O)C2)c1. The van der Waals surface area contributed by atoms with E-state index in [0.717, 1.165) is 12.1 Å². The van der Waals surface area contributed by atoms with Crippen molar-refractivity contribution < 1.29 is 14.0 Å². The maximum absolute atomic E-state index is 13.1. The van der Waals surface area contributed by atoms with Gasteiger partial charge in [0.15, 0.2) is 0 Å². The summed E-state index contributed by atoms with van der Waals surface area (Å²) in [5.74, 6) is -1.16. The number of nitrogens with two attached hydrogens (primary N) is 1. The monoisotopic (exact) mass is 237 g/mol. The van der Waals surface area contributed by atoms with Gasteiger partial charge in [0.05, 0.1) is 6.54 Å². The summed E-state index contributed by atoms with van der Waals surface area (Å²) in [7, 11) is 0. The number of rotatable bonds is 1. The normalized spacial score (nSPS) is 15.6. The Kier molecular flexibility index (Phi) is 2.95. The Bertz CT molecular complexity index is 456. The van der Waals surface area contributed by atoms with Crippen LogP contribution < -0.4 is 11.1 Å². The van der Waals surface area contributed by atoms with Gasteiger partial charge in [0.1, 0.15) is 5.82 Å². The van der Waals surface area contributed by atoms with Crippen LogP contribution in [0.2, 0.25) is 0 Å². The predicted molar refractivity (Wildman–Crippen MR) is 59.7 cm³/mol. The molecule has 90 valence electrons. The quantitative estimate of drug-likeness (QED) is 0.674. The predicted octanol–water partition coefficient (Wildman–Crippen LogP) is -0.0201. The minimum absolute atomic E-state index is 0.00471. The molecule has 1 heterocycles. The van der Waals surface area contributed by atoms with Gasteiger partial charge in [0, 0.05) is 24.3 Å². The number of benzene rings is 1. The Labute approximate surface area is 97.4 Å². The summed E-state index contributed by atoms with van der Waals surface area (Å²) >= 11 is 0. The fourth-order valence-corrected chi connectivity index (χ4v) is 1.73. The minimum atomic E-state index is -0.560. The van der Waals surface area contributed by atoms with Gasteiger partial charge in [-0.2, -0.15) is 0 Å². The molecule has 0 bridgehead atoms. The Morgan fingerprint density at radius 3 is 2.82 bits per heavy atom. The molecule has 0 aliphatic carbocycles. The summed E-state index contributed by atoms with van der Waals surface area (Å²) < 4.78 is 13.1. The zero-order valence-corrected chi connectivity index (χ0v) is 9.07. The highest BCUT2D eigenvalue weighted by Crippen LogP contribution is 2.13. The number of anilines is 1. The van der Waals surface area contributed by atoms with Crippen LogP contribution in [0.25, 0.3) is 0 Å². The van der Waals surface area contributed by atoms with Crippen molar-refractivity contribution in [1.82, 2.24) is 10.2 Å². The van der Waals surface area contributed by atoms with Gasteiger partial charge in [-0.1, -0.05) is 0 Å². The number of carbonyl (C=O) groups excluding carboxylic acids is 2. The van der Waals surface area contributed by atoms with Gasteiger partial charge in [0.2, 0.25) is 5.91 Å². The Morgan fingerprint density at radius 1 is 1.41 bits per heavy atom. The first-order chi connectivity index (χ1) is 8.06. The van der Waals surface area contributed by atoms with E-state index in [1.54, 1.807) is 0 Å². The topological polar surface area (TPSA) is 75.4 Å². The number of amides is 2. The lowest BCUT2D eigenvalue weighted by molar-refractivity contribution is -0.123. The van der Waals surface area contributed by atoms with Gasteiger partial charge in [-0.3, -0.25) is 9.59 Å². The molecular weight excluding hydrogens is 225 g/mol. The first-order valence-corrected chi connectivity index (χ1v) is 5.18. The lowest BCUT2D eigenvalue weighted by atomic mass is 10.1. The van der Waals surface area contributed by atoms with Gasteiger partial charge in [-0.25, -0.2) is 4.39 Å². The molecule has 0 atom stereocenters. The average molecular weight is 237 g/mol. The molecule has 0 radical (unpaired) electrons. The minimum Gasteiger partial charge on any atom is -0.399 e. The van der Waals surface area contributed by atoms with Crippen molar-refractivity contribution >= 4 is 17.5 Å². The fraction of sp³-hybridized carbons (Fsp3) is 0.273. The average Bonchev–Trinajstić information content (AvgIpc) is 2.26. The molecule has 2 rings (SSSR count). The number of halogens is 1. The molecule has 0 saturated carbocycles. The Balaban J connectivity index is 2.21. The molecule has 17 heavy (non-hydrogen) atoms. The summed E-state index contributed by atoms with van der Waals surface area (Å²) in [5, 5.41) is 2.61. The molecule has 1 aliphatic heterocycles. The van der Waals surface area contributed by atoms with Crippen LogP contribution in [0, 0.1) is 5.82 Å². The molecule has 0 unspecified atom stereocenters. The van der Waals surface area contributed by atoms with Crippen molar-refractivity contribution in [2.45, 2.75) is 0 Å². The maximum Gasteiger partial charge on any atom is 0.254 e. The van der Waals surface area contributed by atoms with E-state index in [-0.39, 0.29) is 29.6 Å². The van der Waals surface area contributed by atoms with Crippen LogP contribution >= 0.6 is 0 Å².